The van der Waals surface area contributed by atoms with Gasteiger partial charge in [-0.25, -0.2) is 0 Å². The lowest BCUT2D eigenvalue weighted by atomic mass is 10.1. The fourth-order valence-corrected chi connectivity index (χ4v) is 4.61. The van der Waals surface area contributed by atoms with Crippen molar-refractivity contribution in [3.8, 4) is 0 Å². The molecule has 8 heteroatoms. The number of amidine groups is 2. The molecule has 1 saturated heterocycles. The van der Waals surface area contributed by atoms with Gasteiger partial charge in [0.1, 0.15) is 11.7 Å². The molecule has 0 unspecified atom stereocenters. The van der Waals surface area contributed by atoms with E-state index >= 15 is 0 Å². The van der Waals surface area contributed by atoms with Crippen LogP contribution in [0.3, 0.4) is 0 Å². The van der Waals surface area contributed by atoms with E-state index in [1.807, 2.05) is 36.4 Å². The lowest BCUT2D eigenvalue weighted by molar-refractivity contribution is 0.653. The summed E-state index contributed by atoms with van der Waals surface area (Å²) in [6.07, 6.45) is 0. The van der Waals surface area contributed by atoms with E-state index < -0.39 is 0 Å². The van der Waals surface area contributed by atoms with Gasteiger partial charge in [0.05, 0.1) is 13.1 Å². The van der Waals surface area contributed by atoms with Crippen molar-refractivity contribution in [2.75, 3.05) is 36.0 Å². The van der Waals surface area contributed by atoms with Crippen LogP contribution in [-0.4, -0.2) is 37.9 Å². The topological polar surface area (TPSA) is 83.2 Å². The summed E-state index contributed by atoms with van der Waals surface area (Å²) in [6.45, 7) is 5.01. The van der Waals surface area contributed by atoms with E-state index in [-0.39, 0.29) is 24.8 Å². The van der Waals surface area contributed by atoms with Crippen molar-refractivity contribution in [3.63, 3.8) is 0 Å². The predicted molar refractivity (Wildman–Crippen MR) is 174 cm³/mol. The standard InChI is InChI=1S/C32H34N6.2ClH/c33-31(35-23-25-7-3-1-4-8-25)27-11-15-29(16-12-27)37-19-21-38(22-20-37)30-17-13-28(14-18-30)32(34)36-24-26-9-5-2-6-10-26;;/h1-18H,19-24H2,(H2,33,35)(H2,34,36);2*1H. The summed E-state index contributed by atoms with van der Waals surface area (Å²) in [5.74, 6) is 1.14. The van der Waals surface area contributed by atoms with Crippen LogP contribution in [0, 0.1) is 0 Å². The number of aliphatic imine (C=N–C) groups is 2. The van der Waals surface area contributed by atoms with Crippen LogP contribution in [0.15, 0.2) is 119 Å². The van der Waals surface area contributed by atoms with Gasteiger partial charge in [-0.15, -0.1) is 24.8 Å². The molecule has 40 heavy (non-hydrogen) atoms. The highest BCUT2D eigenvalue weighted by Crippen LogP contribution is 2.22. The van der Waals surface area contributed by atoms with Crippen LogP contribution in [-0.2, 0) is 13.1 Å². The van der Waals surface area contributed by atoms with Crippen LogP contribution in [0.25, 0.3) is 0 Å². The average Bonchev–Trinajstić information content (AvgIpc) is 3.00. The van der Waals surface area contributed by atoms with Crippen LogP contribution in [0.4, 0.5) is 11.4 Å². The Morgan fingerprint density at radius 3 is 1.15 bits per heavy atom. The number of rotatable bonds is 8. The first-order chi connectivity index (χ1) is 18.7. The first kappa shape index (κ1) is 30.5. The molecular formula is C32H36Cl2N6. The lowest BCUT2D eigenvalue weighted by Gasteiger charge is -2.37. The molecule has 0 amide bonds. The van der Waals surface area contributed by atoms with Gasteiger partial charge < -0.3 is 21.3 Å². The van der Waals surface area contributed by atoms with E-state index in [4.69, 9.17) is 11.5 Å². The molecule has 0 spiro atoms. The Balaban J connectivity index is 0.00000220. The van der Waals surface area contributed by atoms with Gasteiger partial charge in [-0.2, -0.15) is 0 Å². The highest BCUT2D eigenvalue weighted by atomic mass is 35.5. The third-order valence-corrected chi connectivity index (χ3v) is 6.89. The maximum Gasteiger partial charge on any atom is 0.125 e. The molecule has 208 valence electrons. The lowest BCUT2D eigenvalue weighted by Crippen LogP contribution is -2.46. The Kier molecular flexibility index (Phi) is 11.4. The van der Waals surface area contributed by atoms with E-state index in [0.29, 0.717) is 24.8 Å². The molecule has 6 nitrogen and oxygen atoms in total. The second-order valence-corrected chi connectivity index (χ2v) is 9.44. The summed E-state index contributed by atoms with van der Waals surface area (Å²) in [7, 11) is 0. The fraction of sp³-hybridized carbons (Fsp3) is 0.188. The van der Waals surface area contributed by atoms with E-state index in [1.54, 1.807) is 0 Å². The van der Waals surface area contributed by atoms with Gasteiger partial charge in [-0.3, -0.25) is 9.98 Å². The zero-order valence-corrected chi connectivity index (χ0v) is 24.0. The Bertz CT molecular complexity index is 1260. The summed E-state index contributed by atoms with van der Waals surface area (Å²) in [5, 5.41) is 0. The second-order valence-electron chi connectivity index (χ2n) is 9.44. The Morgan fingerprint density at radius 2 is 0.825 bits per heavy atom. The SMILES string of the molecule is Cl.Cl.NC(=NCc1ccccc1)c1ccc(N2CCN(c3ccc(C(N)=NCc4ccccc4)cc3)CC2)cc1. The molecule has 1 aliphatic heterocycles. The molecule has 0 aliphatic carbocycles. The van der Waals surface area contributed by atoms with Crippen molar-refractivity contribution in [3.05, 3.63) is 131 Å². The summed E-state index contributed by atoms with van der Waals surface area (Å²) in [5.41, 5.74) is 19.1. The van der Waals surface area contributed by atoms with Gasteiger partial charge in [0.2, 0.25) is 0 Å². The number of nitrogens with two attached hydrogens (primary N) is 2. The summed E-state index contributed by atoms with van der Waals surface area (Å²) >= 11 is 0. The molecule has 0 atom stereocenters. The van der Waals surface area contributed by atoms with Gasteiger partial charge in [-0.1, -0.05) is 60.7 Å². The summed E-state index contributed by atoms with van der Waals surface area (Å²) in [6, 6.07) is 37.1. The van der Waals surface area contributed by atoms with Crippen molar-refractivity contribution in [1.29, 1.82) is 0 Å². The molecule has 1 aliphatic rings. The molecule has 0 aromatic heterocycles. The normalized spacial score (nSPS) is 13.8. The highest BCUT2D eigenvalue weighted by molar-refractivity contribution is 5.98. The molecule has 0 radical (unpaired) electrons. The number of hydrogen-bond acceptors (Lipinski definition) is 4. The maximum absolute atomic E-state index is 6.24. The number of benzene rings is 4. The third kappa shape index (κ3) is 8.01. The van der Waals surface area contributed by atoms with Crippen molar-refractivity contribution in [2.45, 2.75) is 13.1 Å². The fourth-order valence-electron chi connectivity index (χ4n) is 4.61. The maximum atomic E-state index is 6.24. The number of halogens is 2. The highest BCUT2D eigenvalue weighted by Gasteiger charge is 2.18. The van der Waals surface area contributed by atoms with Gasteiger partial charge in [-0.05, 0) is 59.7 Å². The Hall–Kier alpha value is -4.00. The van der Waals surface area contributed by atoms with Crippen LogP contribution in [0.2, 0.25) is 0 Å². The van der Waals surface area contributed by atoms with E-state index in [9.17, 15) is 0 Å². The monoisotopic (exact) mass is 574 g/mol. The Morgan fingerprint density at radius 1 is 0.500 bits per heavy atom. The van der Waals surface area contributed by atoms with E-state index in [1.165, 1.54) is 11.4 Å². The van der Waals surface area contributed by atoms with Gasteiger partial charge in [0, 0.05) is 48.7 Å². The molecule has 1 fully saturated rings. The first-order valence-corrected chi connectivity index (χ1v) is 13.0. The van der Waals surface area contributed by atoms with E-state index in [0.717, 1.165) is 48.4 Å². The molecule has 1 heterocycles. The smallest absolute Gasteiger partial charge is 0.125 e. The molecule has 4 aromatic carbocycles. The van der Waals surface area contributed by atoms with Crippen LogP contribution < -0.4 is 21.3 Å². The quantitative estimate of drug-likeness (QED) is 0.210. The van der Waals surface area contributed by atoms with Gasteiger partial charge in [0.15, 0.2) is 0 Å². The number of piperazine rings is 1. The minimum Gasteiger partial charge on any atom is -0.383 e. The van der Waals surface area contributed by atoms with Gasteiger partial charge in [0.25, 0.3) is 0 Å². The van der Waals surface area contributed by atoms with Crippen LogP contribution in [0.1, 0.15) is 22.3 Å². The molecule has 4 aromatic rings. The minimum atomic E-state index is 0. The Labute approximate surface area is 249 Å². The van der Waals surface area contributed by atoms with Crippen LogP contribution >= 0.6 is 24.8 Å². The number of nitrogens with zero attached hydrogens (tertiary/aromatic N) is 4. The van der Waals surface area contributed by atoms with Crippen molar-refractivity contribution in [2.24, 2.45) is 21.5 Å². The van der Waals surface area contributed by atoms with Crippen molar-refractivity contribution >= 4 is 47.9 Å². The predicted octanol–water partition coefficient (Wildman–Crippen LogP) is 5.67. The second kappa shape index (κ2) is 15.0. The van der Waals surface area contributed by atoms with Crippen LogP contribution in [0.5, 0.6) is 0 Å². The first-order valence-electron chi connectivity index (χ1n) is 13.0. The largest absolute Gasteiger partial charge is 0.383 e. The summed E-state index contributed by atoms with van der Waals surface area (Å²) in [4.78, 5) is 13.9. The van der Waals surface area contributed by atoms with Crippen molar-refractivity contribution in [1.82, 2.24) is 0 Å². The van der Waals surface area contributed by atoms with Crippen molar-refractivity contribution < 1.29 is 0 Å². The summed E-state index contributed by atoms with van der Waals surface area (Å²) < 4.78 is 0. The van der Waals surface area contributed by atoms with Gasteiger partial charge >= 0.3 is 0 Å². The molecule has 0 bridgehead atoms. The zero-order chi connectivity index (χ0) is 26.2. The molecular weight excluding hydrogens is 539 g/mol. The number of hydrogen-bond donors (Lipinski definition) is 2. The minimum absolute atomic E-state index is 0. The molecule has 0 saturated carbocycles. The van der Waals surface area contributed by atoms with E-state index in [2.05, 4.69) is 92.6 Å². The third-order valence-electron chi connectivity index (χ3n) is 6.89. The number of anilines is 2. The molecule has 5 rings (SSSR count). The zero-order valence-electron chi connectivity index (χ0n) is 22.4. The average molecular weight is 576 g/mol. The molecule has 4 N–H and O–H groups in total.